The minimum absolute atomic E-state index is 0.0711. The standard InChI is InChI=1S/C11H14FIN2O/c12-8-4-11(10(14)5-9(8)13)15-3-1-2-7(15)6-16/h4-5,7,16H,1-3,6,14H2. The number of hydrogen-bond acceptors (Lipinski definition) is 3. The van der Waals surface area contributed by atoms with Gasteiger partial charge in [-0.15, -0.1) is 0 Å². The Morgan fingerprint density at radius 1 is 1.56 bits per heavy atom. The van der Waals surface area contributed by atoms with Crippen LogP contribution >= 0.6 is 22.6 Å². The Kier molecular flexibility index (Phi) is 3.53. The second kappa shape index (κ2) is 4.75. The van der Waals surface area contributed by atoms with E-state index in [0.29, 0.717) is 14.9 Å². The second-order valence-electron chi connectivity index (χ2n) is 4.00. The van der Waals surface area contributed by atoms with Crippen LogP contribution in [0, 0.1) is 9.39 Å². The van der Waals surface area contributed by atoms with Crippen LogP contribution in [0.15, 0.2) is 12.1 Å². The van der Waals surface area contributed by atoms with Gasteiger partial charge >= 0.3 is 0 Å². The quantitative estimate of drug-likeness (QED) is 0.641. The van der Waals surface area contributed by atoms with Crippen LogP contribution in [0.1, 0.15) is 12.8 Å². The van der Waals surface area contributed by atoms with Gasteiger partial charge in [-0.25, -0.2) is 4.39 Å². The SMILES string of the molecule is Nc1cc(I)c(F)cc1N1CCCC1CO. The molecule has 0 spiro atoms. The highest BCUT2D eigenvalue weighted by molar-refractivity contribution is 14.1. The van der Waals surface area contributed by atoms with E-state index in [1.54, 1.807) is 6.07 Å². The zero-order valence-corrected chi connectivity index (χ0v) is 10.9. The van der Waals surface area contributed by atoms with Gasteiger partial charge in [0.2, 0.25) is 0 Å². The van der Waals surface area contributed by atoms with Crippen LogP contribution in [0.3, 0.4) is 0 Å². The lowest BCUT2D eigenvalue weighted by Gasteiger charge is -2.26. The summed E-state index contributed by atoms with van der Waals surface area (Å²) < 4.78 is 14.0. The summed E-state index contributed by atoms with van der Waals surface area (Å²) in [5.41, 5.74) is 7.17. The van der Waals surface area contributed by atoms with E-state index in [1.807, 2.05) is 27.5 Å². The summed E-state index contributed by atoms with van der Waals surface area (Å²) >= 11 is 1.92. The van der Waals surface area contributed by atoms with Gasteiger partial charge in [0.1, 0.15) is 5.82 Å². The average Bonchev–Trinajstić information content (AvgIpc) is 2.71. The van der Waals surface area contributed by atoms with Crippen molar-refractivity contribution < 1.29 is 9.50 Å². The maximum Gasteiger partial charge on any atom is 0.138 e. The zero-order valence-electron chi connectivity index (χ0n) is 8.79. The Morgan fingerprint density at radius 3 is 3.00 bits per heavy atom. The predicted octanol–water partition coefficient (Wildman–Crippen LogP) is 1.97. The summed E-state index contributed by atoms with van der Waals surface area (Å²) in [5, 5.41) is 9.23. The Hall–Kier alpha value is -0.560. The molecular weight excluding hydrogens is 322 g/mol. The van der Waals surface area contributed by atoms with E-state index in [1.165, 1.54) is 6.07 Å². The minimum atomic E-state index is -0.256. The van der Waals surface area contributed by atoms with Crippen molar-refractivity contribution in [1.29, 1.82) is 0 Å². The molecule has 1 heterocycles. The first-order valence-corrected chi connectivity index (χ1v) is 6.33. The smallest absolute Gasteiger partial charge is 0.138 e. The molecule has 1 saturated heterocycles. The molecule has 1 fully saturated rings. The van der Waals surface area contributed by atoms with Crippen LogP contribution < -0.4 is 10.6 Å². The van der Waals surface area contributed by atoms with Gasteiger partial charge in [-0.05, 0) is 41.5 Å². The first-order chi connectivity index (χ1) is 7.63. The lowest BCUT2D eigenvalue weighted by atomic mass is 10.2. The van der Waals surface area contributed by atoms with Gasteiger partial charge in [0.15, 0.2) is 0 Å². The van der Waals surface area contributed by atoms with Crippen LogP contribution in [-0.4, -0.2) is 24.3 Å². The lowest BCUT2D eigenvalue weighted by molar-refractivity contribution is 0.266. The average molecular weight is 336 g/mol. The van der Waals surface area contributed by atoms with Gasteiger partial charge < -0.3 is 15.7 Å². The first kappa shape index (κ1) is 11.9. The summed E-state index contributed by atoms with van der Waals surface area (Å²) in [7, 11) is 0. The van der Waals surface area contributed by atoms with E-state index in [-0.39, 0.29) is 18.5 Å². The van der Waals surface area contributed by atoms with E-state index >= 15 is 0 Å². The van der Waals surface area contributed by atoms with Crippen molar-refractivity contribution in [2.45, 2.75) is 18.9 Å². The summed E-state index contributed by atoms with van der Waals surface area (Å²) in [6, 6.07) is 3.17. The second-order valence-corrected chi connectivity index (χ2v) is 5.16. The molecule has 1 aliphatic heterocycles. The van der Waals surface area contributed by atoms with Crippen molar-refractivity contribution in [1.82, 2.24) is 0 Å². The van der Waals surface area contributed by atoms with Crippen molar-refractivity contribution in [2.24, 2.45) is 0 Å². The first-order valence-electron chi connectivity index (χ1n) is 5.25. The van der Waals surface area contributed by atoms with Gasteiger partial charge in [0.05, 0.1) is 27.6 Å². The summed E-state index contributed by atoms with van der Waals surface area (Å²) in [6.07, 6.45) is 1.95. The number of aliphatic hydroxyl groups excluding tert-OH is 1. The number of anilines is 2. The fourth-order valence-electron chi connectivity index (χ4n) is 2.14. The summed E-state index contributed by atoms with van der Waals surface area (Å²) in [6.45, 7) is 0.919. The lowest BCUT2D eigenvalue weighted by Crippen LogP contribution is -2.32. The third kappa shape index (κ3) is 2.10. The van der Waals surface area contributed by atoms with Crippen LogP contribution in [0.5, 0.6) is 0 Å². The number of hydrogen-bond donors (Lipinski definition) is 2. The Morgan fingerprint density at radius 2 is 2.31 bits per heavy atom. The number of rotatable bonds is 2. The maximum atomic E-state index is 13.5. The molecule has 3 nitrogen and oxygen atoms in total. The number of aliphatic hydroxyl groups is 1. The highest BCUT2D eigenvalue weighted by Gasteiger charge is 2.25. The van der Waals surface area contributed by atoms with Crippen molar-refractivity contribution in [3.05, 3.63) is 21.5 Å². The topological polar surface area (TPSA) is 49.5 Å². The van der Waals surface area contributed by atoms with Crippen LogP contribution in [0.4, 0.5) is 15.8 Å². The highest BCUT2D eigenvalue weighted by atomic mass is 127. The van der Waals surface area contributed by atoms with Crippen LogP contribution in [0.25, 0.3) is 0 Å². The molecule has 1 atom stereocenters. The summed E-state index contributed by atoms with van der Waals surface area (Å²) in [5.74, 6) is -0.256. The summed E-state index contributed by atoms with van der Waals surface area (Å²) in [4.78, 5) is 1.99. The van der Waals surface area contributed by atoms with Gasteiger partial charge in [-0.2, -0.15) is 0 Å². The van der Waals surface area contributed by atoms with Crippen molar-refractivity contribution in [3.8, 4) is 0 Å². The van der Waals surface area contributed by atoms with E-state index < -0.39 is 0 Å². The molecule has 16 heavy (non-hydrogen) atoms. The Balaban J connectivity index is 2.36. The number of nitrogens with zero attached hydrogens (tertiary/aromatic N) is 1. The molecule has 0 saturated carbocycles. The normalized spacial score (nSPS) is 20.4. The molecule has 1 aromatic carbocycles. The van der Waals surface area contributed by atoms with Gasteiger partial charge in [-0.3, -0.25) is 0 Å². The van der Waals surface area contributed by atoms with Crippen molar-refractivity contribution in [2.75, 3.05) is 23.8 Å². The van der Waals surface area contributed by atoms with Crippen LogP contribution in [-0.2, 0) is 0 Å². The fraction of sp³-hybridized carbons (Fsp3) is 0.455. The van der Waals surface area contributed by atoms with Crippen LogP contribution in [0.2, 0.25) is 0 Å². The maximum absolute atomic E-state index is 13.5. The van der Waals surface area contributed by atoms with E-state index in [4.69, 9.17) is 5.73 Å². The Labute approximate surface area is 108 Å². The molecule has 5 heteroatoms. The van der Waals surface area contributed by atoms with Gasteiger partial charge in [0, 0.05) is 12.6 Å². The molecular formula is C11H14FIN2O. The number of halogens is 2. The molecule has 0 radical (unpaired) electrons. The molecule has 0 amide bonds. The minimum Gasteiger partial charge on any atom is -0.397 e. The zero-order chi connectivity index (χ0) is 11.7. The third-order valence-corrected chi connectivity index (χ3v) is 3.79. The third-order valence-electron chi connectivity index (χ3n) is 2.97. The van der Waals surface area contributed by atoms with Gasteiger partial charge in [0.25, 0.3) is 0 Å². The predicted molar refractivity (Wildman–Crippen MR) is 71.0 cm³/mol. The molecule has 0 aliphatic carbocycles. The monoisotopic (exact) mass is 336 g/mol. The number of benzene rings is 1. The van der Waals surface area contributed by atoms with E-state index in [0.717, 1.165) is 19.4 Å². The molecule has 3 N–H and O–H groups in total. The highest BCUT2D eigenvalue weighted by Crippen LogP contribution is 2.32. The fourth-order valence-corrected chi connectivity index (χ4v) is 2.63. The number of nitrogen functional groups attached to an aromatic ring is 1. The Bertz CT molecular complexity index is 400. The van der Waals surface area contributed by atoms with E-state index in [2.05, 4.69) is 0 Å². The molecule has 0 aromatic heterocycles. The molecule has 1 unspecified atom stereocenters. The largest absolute Gasteiger partial charge is 0.397 e. The molecule has 1 aromatic rings. The molecule has 88 valence electrons. The molecule has 2 rings (SSSR count). The van der Waals surface area contributed by atoms with Gasteiger partial charge in [-0.1, -0.05) is 0 Å². The van der Waals surface area contributed by atoms with E-state index in [9.17, 15) is 9.50 Å². The molecule has 0 bridgehead atoms. The number of nitrogens with two attached hydrogens (primary N) is 1. The molecule has 1 aliphatic rings. The van der Waals surface area contributed by atoms with Crippen molar-refractivity contribution >= 4 is 34.0 Å². The van der Waals surface area contributed by atoms with Crippen molar-refractivity contribution in [3.63, 3.8) is 0 Å².